The fourth-order valence-electron chi connectivity index (χ4n) is 2.82. The summed E-state index contributed by atoms with van der Waals surface area (Å²) in [6.07, 6.45) is 8.25. The van der Waals surface area contributed by atoms with E-state index in [9.17, 15) is 0 Å². The minimum Gasteiger partial charge on any atom is -0.494 e. The minimum absolute atomic E-state index is 0.799. The van der Waals surface area contributed by atoms with Crippen molar-refractivity contribution in [3.8, 4) is 5.75 Å². The molecule has 22 heavy (non-hydrogen) atoms. The predicted octanol–water partition coefficient (Wildman–Crippen LogP) is 5.74. The molecule has 2 heteroatoms. The molecule has 0 N–H and O–H groups in total. The van der Waals surface area contributed by atoms with Crippen LogP contribution in [-0.4, -0.2) is 11.6 Å². The molecule has 1 aromatic heterocycles. The first-order valence-electron chi connectivity index (χ1n) is 8.29. The van der Waals surface area contributed by atoms with Crippen LogP contribution in [0.15, 0.2) is 48.7 Å². The van der Waals surface area contributed by atoms with E-state index < -0.39 is 0 Å². The second-order valence-electron chi connectivity index (χ2n) is 5.79. The Morgan fingerprint density at radius 1 is 0.909 bits per heavy atom. The molecule has 0 bridgehead atoms. The molecule has 3 aromatic rings. The number of benzene rings is 2. The third kappa shape index (κ3) is 3.38. The molecule has 0 saturated heterocycles. The standard InChI is InChI=1S/C20H23NO/c1-2-3-4-5-8-13-22-17-11-12-20-19(14-17)18-10-7-6-9-16(18)15-21-20/h6-7,9-12,14-15H,2-5,8,13H2,1H3. The first-order valence-corrected chi connectivity index (χ1v) is 8.29. The van der Waals surface area contributed by atoms with E-state index in [1.54, 1.807) is 0 Å². The molecule has 0 aliphatic heterocycles. The molecular formula is C20H23NO. The summed E-state index contributed by atoms with van der Waals surface area (Å²) in [5.41, 5.74) is 1.02. The van der Waals surface area contributed by atoms with E-state index in [4.69, 9.17) is 4.74 Å². The number of fused-ring (bicyclic) bond motifs is 3. The number of aromatic nitrogens is 1. The summed E-state index contributed by atoms with van der Waals surface area (Å²) in [6, 6.07) is 14.6. The van der Waals surface area contributed by atoms with Gasteiger partial charge < -0.3 is 4.74 Å². The highest BCUT2D eigenvalue weighted by Crippen LogP contribution is 2.27. The topological polar surface area (TPSA) is 22.1 Å². The second kappa shape index (κ2) is 7.26. The number of ether oxygens (including phenoxy) is 1. The fraction of sp³-hybridized carbons (Fsp3) is 0.350. The SMILES string of the molecule is CCCCCCCOc1ccc2ncc3ccccc3c2c1. The van der Waals surface area contributed by atoms with Crippen LogP contribution in [0.2, 0.25) is 0 Å². The normalized spacial score (nSPS) is 11.1. The van der Waals surface area contributed by atoms with Crippen molar-refractivity contribution < 1.29 is 4.74 Å². The van der Waals surface area contributed by atoms with Crippen LogP contribution in [-0.2, 0) is 0 Å². The quantitative estimate of drug-likeness (QED) is 0.409. The minimum atomic E-state index is 0.799. The van der Waals surface area contributed by atoms with E-state index in [1.807, 2.05) is 24.4 Å². The average molecular weight is 293 g/mol. The summed E-state index contributed by atoms with van der Waals surface area (Å²) >= 11 is 0. The Morgan fingerprint density at radius 3 is 2.68 bits per heavy atom. The van der Waals surface area contributed by atoms with Gasteiger partial charge in [-0.05, 0) is 30.0 Å². The van der Waals surface area contributed by atoms with Gasteiger partial charge in [0, 0.05) is 17.0 Å². The van der Waals surface area contributed by atoms with Crippen LogP contribution in [0.1, 0.15) is 39.0 Å². The van der Waals surface area contributed by atoms with E-state index in [2.05, 4.69) is 36.2 Å². The molecule has 0 aliphatic carbocycles. The summed E-state index contributed by atoms with van der Waals surface area (Å²) < 4.78 is 5.92. The molecule has 2 nitrogen and oxygen atoms in total. The van der Waals surface area contributed by atoms with Crippen LogP contribution in [0.4, 0.5) is 0 Å². The van der Waals surface area contributed by atoms with E-state index in [-0.39, 0.29) is 0 Å². The summed E-state index contributed by atoms with van der Waals surface area (Å²) in [4.78, 5) is 4.53. The van der Waals surface area contributed by atoms with Crippen molar-refractivity contribution in [1.82, 2.24) is 4.98 Å². The lowest BCUT2D eigenvalue weighted by Gasteiger charge is -2.08. The third-order valence-electron chi connectivity index (χ3n) is 4.08. The number of nitrogens with zero attached hydrogens (tertiary/aromatic N) is 1. The van der Waals surface area contributed by atoms with Gasteiger partial charge in [0.15, 0.2) is 0 Å². The Labute approximate surface area is 132 Å². The Bertz CT molecular complexity index is 751. The van der Waals surface area contributed by atoms with Gasteiger partial charge in [-0.1, -0.05) is 56.9 Å². The van der Waals surface area contributed by atoms with Crippen LogP contribution in [0, 0.1) is 0 Å². The van der Waals surface area contributed by atoms with E-state index in [1.165, 1.54) is 41.8 Å². The Balaban J connectivity index is 1.73. The van der Waals surface area contributed by atoms with Crippen molar-refractivity contribution in [2.45, 2.75) is 39.0 Å². The zero-order valence-corrected chi connectivity index (χ0v) is 13.2. The Morgan fingerprint density at radius 2 is 1.77 bits per heavy atom. The maximum atomic E-state index is 5.92. The lowest BCUT2D eigenvalue weighted by Crippen LogP contribution is -1.97. The molecule has 114 valence electrons. The molecular weight excluding hydrogens is 270 g/mol. The smallest absolute Gasteiger partial charge is 0.120 e. The highest BCUT2D eigenvalue weighted by atomic mass is 16.5. The van der Waals surface area contributed by atoms with Gasteiger partial charge in [-0.2, -0.15) is 0 Å². The number of rotatable bonds is 7. The number of hydrogen-bond acceptors (Lipinski definition) is 2. The molecule has 0 atom stereocenters. The highest BCUT2D eigenvalue weighted by molar-refractivity contribution is 6.05. The zero-order valence-electron chi connectivity index (χ0n) is 13.2. The molecule has 0 aliphatic rings. The number of hydrogen-bond donors (Lipinski definition) is 0. The van der Waals surface area contributed by atoms with Gasteiger partial charge in [-0.3, -0.25) is 4.98 Å². The molecule has 1 heterocycles. The highest BCUT2D eigenvalue weighted by Gasteiger charge is 2.03. The van der Waals surface area contributed by atoms with Crippen LogP contribution in [0.5, 0.6) is 5.75 Å². The van der Waals surface area contributed by atoms with Gasteiger partial charge in [-0.15, -0.1) is 0 Å². The molecule has 3 rings (SSSR count). The predicted molar refractivity (Wildman–Crippen MR) is 93.5 cm³/mol. The van der Waals surface area contributed by atoms with Gasteiger partial charge in [0.25, 0.3) is 0 Å². The molecule has 0 amide bonds. The third-order valence-corrected chi connectivity index (χ3v) is 4.08. The van der Waals surface area contributed by atoms with E-state index in [0.717, 1.165) is 24.3 Å². The van der Waals surface area contributed by atoms with Gasteiger partial charge >= 0.3 is 0 Å². The van der Waals surface area contributed by atoms with Crippen molar-refractivity contribution in [3.05, 3.63) is 48.7 Å². The molecule has 0 spiro atoms. The fourth-order valence-corrected chi connectivity index (χ4v) is 2.82. The maximum Gasteiger partial charge on any atom is 0.120 e. The number of unbranched alkanes of at least 4 members (excludes halogenated alkanes) is 4. The molecule has 0 unspecified atom stereocenters. The van der Waals surface area contributed by atoms with Gasteiger partial charge in [0.05, 0.1) is 12.1 Å². The molecule has 0 fully saturated rings. The van der Waals surface area contributed by atoms with Crippen molar-refractivity contribution >= 4 is 21.7 Å². The number of pyridine rings is 1. The lowest BCUT2D eigenvalue weighted by atomic mass is 10.1. The van der Waals surface area contributed by atoms with Crippen LogP contribution in [0.25, 0.3) is 21.7 Å². The molecule has 2 aromatic carbocycles. The lowest BCUT2D eigenvalue weighted by molar-refractivity contribution is 0.305. The first-order chi connectivity index (χ1) is 10.9. The summed E-state index contributed by atoms with van der Waals surface area (Å²) in [6.45, 7) is 3.04. The van der Waals surface area contributed by atoms with Crippen molar-refractivity contribution in [1.29, 1.82) is 0 Å². The van der Waals surface area contributed by atoms with Crippen LogP contribution >= 0.6 is 0 Å². The van der Waals surface area contributed by atoms with Crippen LogP contribution in [0.3, 0.4) is 0 Å². The Hall–Kier alpha value is -2.09. The first kappa shape index (κ1) is 14.8. The molecule has 0 saturated carbocycles. The van der Waals surface area contributed by atoms with Crippen molar-refractivity contribution in [2.75, 3.05) is 6.61 Å². The van der Waals surface area contributed by atoms with Crippen molar-refractivity contribution in [2.24, 2.45) is 0 Å². The van der Waals surface area contributed by atoms with Crippen LogP contribution < -0.4 is 4.74 Å². The average Bonchev–Trinajstić information content (AvgIpc) is 2.58. The molecule has 0 radical (unpaired) electrons. The summed E-state index contributed by atoms with van der Waals surface area (Å²) in [7, 11) is 0. The van der Waals surface area contributed by atoms with E-state index >= 15 is 0 Å². The largest absolute Gasteiger partial charge is 0.494 e. The monoisotopic (exact) mass is 293 g/mol. The van der Waals surface area contributed by atoms with E-state index in [0.29, 0.717) is 0 Å². The summed E-state index contributed by atoms with van der Waals surface area (Å²) in [5.74, 6) is 0.946. The summed E-state index contributed by atoms with van der Waals surface area (Å²) in [5, 5.41) is 3.58. The Kier molecular flexibility index (Phi) is 4.89. The maximum absolute atomic E-state index is 5.92. The van der Waals surface area contributed by atoms with Crippen molar-refractivity contribution in [3.63, 3.8) is 0 Å². The van der Waals surface area contributed by atoms with Gasteiger partial charge in [0.2, 0.25) is 0 Å². The van der Waals surface area contributed by atoms with Gasteiger partial charge in [-0.25, -0.2) is 0 Å². The zero-order chi connectivity index (χ0) is 15.2. The second-order valence-corrected chi connectivity index (χ2v) is 5.79. The van der Waals surface area contributed by atoms with Gasteiger partial charge in [0.1, 0.15) is 5.75 Å².